The highest BCUT2D eigenvalue weighted by Gasteiger charge is 2.06. The van der Waals surface area contributed by atoms with Crippen LogP contribution in [0.5, 0.6) is 5.75 Å². The molecule has 2 rings (SSSR count). The summed E-state index contributed by atoms with van der Waals surface area (Å²) in [6.45, 7) is 7.44. The number of unbranched alkanes of at least 4 members (excludes halogenated alkanes) is 1. The standard InChI is InChI=1S/C22H30N2O2/c1-4-6-14-26-21-12-10-20(11-13-21)22(25)23-16-18-8-7-9-19(15-18)17-24(3)5-2/h7-13,15H,4-6,14,16-17H2,1-3H3,(H,23,25). The Morgan fingerprint density at radius 2 is 1.81 bits per heavy atom. The summed E-state index contributed by atoms with van der Waals surface area (Å²) in [5.41, 5.74) is 3.02. The number of nitrogens with one attached hydrogen (secondary N) is 1. The zero-order valence-corrected chi connectivity index (χ0v) is 16.1. The number of hydrogen-bond donors (Lipinski definition) is 1. The van der Waals surface area contributed by atoms with E-state index in [1.54, 1.807) is 0 Å². The largest absolute Gasteiger partial charge is 0.494 e. The molecule has 1 amide bonds. The van der Waals surface area contributed by atoms with E-state index in [0.29, 0.717) is 18.7 Å². The Morgan fingerprint density at radius 1 is 1.08 bits per heavy atom. The Hall–Kier alpha value is -2.33. The molecule has 0 atom stereocenters. The fourth-order valence-corrected chi connectivity index (χ4v) is 2.58. The van der Waals surface area contributed by atoms with Crippen molar-refractivity contribution in [1.29, 1.82) is 0 Å². The monoisotopic (exact) mass is 354 g/mol. The van der Waals surface area contributed by atoms with Gasteiger partial charge in [-0.3, -0.25) is 4.79 Å². The zero-order chi connectivity index (χ0) is 18.8. The molecular formula is C22H30N2O2. The van der Waals surface area contributed by atoms with E-state index in [1.165, 1.54) is 5.56 Å². The van der Waals surface area contributed by atoms with Crippen LogP contribution in [0.15, 0.2) is 48.5 Å². The summed E-state index contributed by atoms with van der Waals surface area (Å²) >= 11 is 0. The molecule has 4 heteroatoms. The lowest BCUT2D eigenvalue weighted by atomic mass is 10.1. The lowest BCUT2D eigenvalue weighted by Crippen LogP contribution is -2.23. The van der Waals surface area contributed by atoms with Gasteiger partial charge in [-0.05, 0) is 55.4 Å². The van der Waals surface area contributed by atoms with Crippen molar-refractivity contribution in [3.63, 3.8) is 0 Å². The third-order valence-electron chi connectivity index (χ3n) is 4.32. The minimum absolute atomic E-state index is 0.0683. The first-order chi connectivity index (χ1) is 12.6. The first kappa shape index (κ1) is 20.0. The summed E-state index contributed by atoms with van der Waals surface area (Å²) in [5.74, 6) is 0.740. The smallest absolute Gasteiger partial charge is 0.251 e. The number of nitrogens with zero attached hydrogens (tertiary/aromatic N) is 1. The second-order valence-electron chi connectivity index (χ2n) is 6.56. The SMILES string of the molecule is CCCCOc1ccc(C(=O)NCc2cccc(CN(C)CC)c2)cc1. The second-order valence-corrected chi connectivity index (χ2v) is 6.56. The van der Waals surface area contributed by atoms with E-state index in [-0.39, 0.29) is 5.91 Å². The first-order valence-corrected chi connectivity index (χ1v) is 9.39. The molecule has 4 nitrogen and oxygen atoms in total. The Labute approximate surface area is 157 Å². The predicted octanol–water partition coefficient (Wildman–Crippen LogP) is 4.25. The molecule has 0 aliphatic carbocycles. The molecule has 0 saturated heterocycles. The fourth-order valence-electron chi connectivity index (χ4n) is 2.58. The Morgan fingerprint density at radius 3 is 2.50 bits per heavy atom. The molecule has 2 aromatic carbocycles. The van der Waals surface area contributed by atoms with Crippen molar-refractivity contribution < 1.29 is 9.53 Å². The molecule has 140 valence electrons. The number of hydrogen-bond acceptors (Lipinski definition) is 3. The van der Waals surface area contributed by atoms with Gasteiger partial charge in [-0.1, -0.05) is 44.5 Å². The molecule has 0 fully saturated rings. The van der Waals surface area contributed by atoms with Crippen LogP contribution in [0.25, 0.3) is 0 Å². The minimum atomic E-state index is -0.0683. The van der Waals surface area contributed by atoms with Gasteiger partial charge < -0.3 is 15.0 Å². The Bertz CT molecular complexity index is 683. The Balaban J connectivity index is 1.87. The first-order valence-electron chi connectivity index (χ1n) is 9.39. The third-order valence-corrected chi connectivity index (χ3v) is 4.32. The average Bonchev–Trinajstić information content (AvgIpc) is 2.67. The van der Waals surface area contributed by atoms with Crippen molar-refractivity contribution >= 4 is 5.91 Å². The van der Waals surface area contributed by atoms with Gasteiger partial charge in [0.05, 0.1) is 6.61 Å². The highest BCUT2D eigenvalue weighted by Crippen LogP contribution is 2.13. The number of carbonyl (C=O) groups excluding carboxylic acids is 1. The number of benzene rings is 2. The molecular weight excluding hydrogens is 324 g/mol. The van der Waals surface area contributed by atoms with Gasteiger partial charge in [-0.25, -0.2) is 0 Å². The predicted molar refractivity (Wildman–Crippen MR) is 106 cm³/mol. The van der Waals surface area contributed by atoms with Crippen molar-refractivity contribution in [2.75, 3.05) is 20.2 Å². The van der Waals surface area contributed by atoms with E-state index in [0.717, 1.165) is 37.2 Å². The lowest BCUT2D eigenvalue weighted by molar-refractivity contribution is 0.0951. The van der Waals surface area contributed by atoms with Crippen LogP contribution >= 0.6 is 0 Å². The molecule has 0 heterocycles. The Kier molecular flexibility index (Phi) is 8.16. The van der Waals surface area contributed by atoms with Crippen LogP contribution in [0.3, 0.4) is 0 Å². The number of ether oxygens (including phenoxy) is 1. The fraction of sp³-hybridized carbons (Fsp3) is 0.409. The number of amides is 1. The summed E-state index contributed by atoms with van der Waals surface area (Å²) in [7, 11) is 2.10. The molecule has 0 unspecified atom stereocenters. The number of carbonyl (C=O) groups is 1. The zero-order valence-electron chi connectivity index (χ0n) is 16.1. The van der Waals surface area contributed by atoms with Crippen molar-refractivity contribution in [3.8, 4) is 5.75 Å². The maximum atomic E-state index is 12.3. The summed E-state index contributed by atoms with van der Waals surface area (Å²) in [4.78, 5) is 14.6. The maximum absolute atomic E-state index is 12.3. The van der Waals surface area contributed by atoms with Crippen LogP contribution in [0.1, 0.15) is 48.2 Å². The van der Waals surface area contributed by atoms with E-state index in [4.69, 9.17) is 4.74 Å². The average molecular weight is 354 g/mol. The molecule has 0 aliphatic rings. The lowest BCUT2D eigenvalue weighted by Gasteiger charge is -2.14. The molecule has 0 aliphatic heterocycles. The van der Waals surface area contributed by atoms with Gasteiger partial charge in [-0.2, -0.15) is 0 Å². The van der Waals surface area contributed by atoms with Crippen LogP contribution in [0.2, 0.25) is 0 Å². The molecule has 0 spiro atoms. The normalized spacial score (nSPS) is 10.8. The van der Waals surface area contributed by atoms with Gasteiger partial charge in [0, 0.05) is 18.7 Å². The van der Waals surface area contributed by atoms with Gasteiger partial charge in [0.1, 0.15) is 5.75 Å². The summed E-state index contributed by atoms with van der Waals surface area (Å²) < 4.78 is 5.63. The van der Waals surface area contributed by atoms with Crippen LogP contribution in [-0.4, -0.2) is 31.0 Å². The van der Waals surface area contributed by atoms with Crippen LogP contribution < -0.4 is 10.1 Å². The maximum Gasteiger partial charge on any atom is 0.251 e. The van der Waals surface area contributed by atoms with E-state index in [1.807, 2.05) is 36.4 Å². The van der Waals surface area contributed by atoms with Gasteiger partial charge in [0.2, 0.25) is 0 Å². The third kappa shape index (κ3) is 6.52. The van der Waals surface area contributed by atoms with Crippen molar-refractivity contribution in [2.24, 2.45) is 0 Å². The van der Waals surface area contributed by atoms with Crippen LogP contribution in [0, 0.1) is 0 Å². The van der Waals surface area contributed by atoms with Crippen LogP contribution in [0.4, 0.5) is 0 Å². The van der Waals surface area contributed by atoms with Gasteiger partial charge >= 0.3 is 0 Å². The second kappa shape index (κ2) is 10.6. The minimum Gasteiger partial charge on any atom is -0.494 e. The topological polar surface area (TPSA) is 41.6 Å². The highest BCUT2D eigenvalue weighted by atomic mass is 16.5. The van der Waals surface area contributed by atoms with Gasteiger partial charge in [-0.15, -0.1) is 0 Å². The van der Waals surface area contributed by atoms with E-state index >= 15 is 0 Å². The van der Waals surface area contributed by atoms with Crippen molar-refractivity contribution in [1.82, 2.24) is 10.2 Å². The summed E-state index contributed by atoms with van der Waals surface area (Å²) in [6.07, 6.45) is 2.14. The molecule has 0 radical (unpaired) electrons. The molecule has 0 bridgehead atoms. The molecule has 0 saturated carbocycles. The van der Waals surface area contributed by atoms with E-state index < -0.39 is 0 Å². The highest BCUT2D eigenvalue weighted by molar-refractivity contribution is 5.94. The van der Waals surface area contributed by atoms with E-state index in [9.17, 15) is 4.79 Å². The number of rotatable bonds is 10. The van der Waals surface area contributed by atoms with Crippen molar-refractivity contribution in [3.05, 3.63) is 65.2 Å². The van der Waals surface area contributed by atoms with Crippen molar-refractivity contribution in [2.45, 2.75) is 39.8 Å². The summed E-state index contributed by atoms with van der Waals surface area (Å²) in [5, 5.41) is 2.99. The molecule has 0 aromatic heterocycles. The molecule has 1 N–H and O–H groups in total. The van der Waals surface area contributed by atoms with Crippen LogP contribution in [-0.2, 0) is 13.1 Å². The summed E-state index contributed by atoms with van der Waals surface area (Å²) in [6, 6.07) is 15.7. The quantitative estimate of drug-likeness (QED) is 0.649. The molecule has 2 aromatic rings. The molecule has 26 heavy (non-hydrogen) atoms. The van der Waals surface area contributed by atoms with E-state index in [2.05, 4.69) is 43.2 Å². The van der Waals surface area contributed by atoms with Gasteiger partial charge in [0.25, 0.3) is 5.91 Å². The van der Waals surface area contributed by atoms with Gasteiger partial charge in [0.15, 0.2) is 0 Å².